The summed E-state index contributed by atoms with van der Waals surface area (Å²) in [4.78, 5) is 0. The first-order chi connectivity index (χ1) is 6.74. The van der Waals surface area contributed by atoms with Gasteiger partial charge in [-0.05, 0) is 25.8 Å². The first-order valence-corrected chi connectivity index (χ1v) is 6.14. The molecule has 0 radical (unpaired) electrons. The Labute approximate surface area is 90.0 Å². The highest BCUT2D eigenvalue weighted by Crippen LogP contribution is 2.12. The lowest BCUT2D eigenvalue weighted by Crippen LogP contribution is -2.29. The summed E-state index contributed by atoms with van der Waals surface area (Å²) in [6, 6.07) is 0.666. The first-order valence-electron chi connectivity index (χ1n) is 6.14. The topological polar surface area (TPSA) is 12.0 Å². The molecule has 1 nitrogen and oxygen atoms in total. The minimum Gasteiger partial charge on any atom is -0.314 e. The fraction of sp³-hybridized carbons (Fsp3) is 0.846. The van der Waals surface area contributed by atoms with Crippen LogP contribution in [-0.2, 0) is 0 Å². The van der Waals surface area contributed by atoms with E-state index in [0.29, 0.717) is 6.04 Å². The standard InChI is InChI=1S/C13H27N/c1-5-8-9-10-13(14-7-3)11-12(4)6-2/h13-14H,4-11H2,1-3H3. The lowest BCUT2D eigenvalue weighted by Gasteiger charge is -2.18. The molecule has 0 aromatic rings. The van der Waals surface area contributed by atoms with Crippen LogP contribution in [0, 0.1) is 0 Å². The maximum absolute atomic E-state index is 4.08. The third-order valence-electron chi connectivity index (χ3n) is 2.68. The predicted molar refractivity (Wildman–Crippen MR) is 65.7 cm³/mol. The van der Waals surface area contributed by atoms with Crippen LogP contribution >= 0.6 is 0 Å². The van der Waals surface area contributed by atoms with E-state index in [-0.39, 0.29) is 0 Å². The number of rotatable bonds is 9. The minimum atomic E-state index is 0.666. The molecule has 14 heavy (non-hydrogen) atoms. The zero-order chi connectivity index (χ0) is 10.8. The fourth-order valence-electron chi connectivity index (χ4n) is 1.70. The predicted octanol–water partition coefficient (Wildman–Crippen LogP) is 3.90. The van der Waals surface area contributed by atoms with Gasteiger partial charge in [0.15, 0.2) is 0 Å². The summed E-state index contributed by atoms with van der Waals surface area (Å²) in [5.74, 6) is 0. The summed E-state index contributed by atoms with van der Waals surface area (Å²) in [5.41, 5.74) is 1.38. The van der Waals surface area contributed by atoms with E-state index < -0.39 is 0 Å². The molecule has 1 atom stereocenters. The van der Waals surface area contributed by atoms with Crippen LogP contribution in [0.25, 0.3) is 0 Å². The molecule has 1 unspecified atom stereocenters. The van der Waals surface area contributed by atoms with Crippen molar-refractivity contribution in [3.63, 3.8) is 0 Å². The molecule has 0 aromatic heterocycles. The van der Waals surface area contributed by atoms with Crippen molar-refractivity contribution < 1.29 is 0 Å². The van der Waals surface area contributed by atoms with Gasteiger partial charge in [-0.1, -0.05) is 52.2 Å². The molecule has 0 saturated heterocycles. The summed E-state index contributed by atoms with van der Waals surface area (Å²) in [6.07, 6.45) is 7.61. The van der Waals surface area contributed by atoms with E-state index in [1.54, 1.807) is 0 Å². The van der Waals surface area contributed by atoms with Crippen LogP contribution in [0.4, 0.5) is 0 Å². The van der Waals surface area contributed by atoms with Crippen molar-refractivity contribution in [2.75, 3.05) is 6.54 Å². The Bertz CT molecular complexity index is 140. The largest absolute Gasteiger partial charge is 0.314 e. The Balaban J connectivity index is 3.70. The third-order valence-corrected chi connectivity index (χ3v) is 2.68. The van der Waals surface area contributed by atoms with E-state index >= 15 is 0 Å². The maximum atomic E-state index is 4.08. The highest BCUT2D eigenvalue weighted by atomic mass is 14.9. The number of unbranched alkanes of at least 4 members (excludes halogenated alkanes) is 2. The van der Waals surface area contributed by atoms with Gasteiger partial charge in [0.1, 0.15) is 0 Å². The van der Waals surface area contributed by atoms with Crippen molar-refractivity contribution in [3.8, 4) is 0 Å². The summed E-state index contributed by atoms with van der Waals surface area (Å²) in [7, 11) is 0. The van der Waals surface area contributed by atoms with Crippen LogP contribution in [0.5, 0.6) is 0 Å². The Morgan fingerprint density at radius 1 is 1.21 bits per heavy atom. The first kappa shape index (κ1) is 13.7. The molecule has 0 saturated carbocycles. The van der Waals surface area contributed by atoms with E-state index in [1.165, 1.54) is 31.3 Å². The Kier molecular flexibility index (Phi) is 9.06. The molecular weight excluding hydrogens is 170 g/mol. The van der Waals surface area contributed by atoms with E-state index in [4.69, 9.17) is 0 Å². The number of hydrogen-bond acceptors (Lipinski definition) is 1. The highest BCUT2D eigenvalue weighted by Gasteiger charge is 2.07. The van der Waals surface area contributed by atoms with Gasteiger partial charge in [0.25, 0.3) is 0 Å². The molecule has 84 valence electrons. The van der Waals surface area contributed by atoms with Crippen LogP contribution in [0.1, 0.15) is 59.3 Å². The van der Waals surface area contributed by atoms with Crippen LogP contribution < -0.4 is 5.32 Å². The van der Waals surface area contributed by atoms with Gasteiger partial charge in [-0.25, -0.2) is 0 Å². The van der Waals surface area contributed by atoms with Crippen LogP contribution in [0.15, 0.2) is 12.2 Å². The van der Waals surface area contributed by atoms with Crippen molar-refractivity contribution in [3.05, 3.63) is 12.2 Å². The minimum absolute atomic E-state index is 0.666. The van der Waals surface area contributed by atoms with E-state index in [9.17, 15) is 0 Å². The van der Waals surface area contributed by atoms with E-state index in [1.807, 2.05) is 0 Å². The molecule has 0 aliphatic carbocycles. The van der Waals surface area contributed by atoms with E-state index in [2.05, 4.69) is 32.7 Å². The van der Waals surface area contributed by atoms with Gasteiger partial charge in [-0.15, -0.1) is 0 Å². The second-order valence-corrected chi connectivity index (χ2v) is 4.06. The zero-order valence-electron chi connectivity index (χ0n) is 10.2. The molecular formula is C13H27N. The van der Waals surface area contributed by atoms with Crippen molar-refractivity contribution in [2.45, 2.75) is 65.3 Å². The lowest BCUT2D eigenvalue weighted by atomic mass is 10.00. The monoisotopic (exact) mass is 197 g/mol. The molecule has 0 spiro atoms. The third kappa shape index (κ3) is 7.14. The molecule has 0 aliphatic rings. The maximum Gasteiger partial charge on any atom is 0.0104 e. The average molecular weight is 197 g/mol. The molecule has 0 bridgehead atoms. The van der Waals surface area contributed by atoms with Gasteiger partial charge in [0, 0.05) is 6.04 Å². The average Bonchev–Trinajstić information content (AvgIpc) is 2.18. The molecule has 0 amide bonds. The summed E-state index contributed by atoms with van der Waals surface area (Å²) >= 11 is 0. The molecule has 1 N–H and O–H groups in total. The summed E-state index contributed by atoms with van der Waals surface area (Å²) in [5, 5.41) is 3.55. The van der Waals surface area contributed by atoms with Crippen molar-refractivity contribution in [1.82, 2.24) is 5.32 Å². The Morgan fingerprint density at radius 3 is 2.43 bits per heavy atom. The molecule has 1 heteroatoms. The Morgan fingerprint density at radius 2 is 1.93 bits per heavy atom. The molecule has 0 rings (SSSR count). The SMILES string of the molecule is C=C(CC)CC(CCCCC)NCC. The van der Waals surface area contributed by atoms with Gasteiger partial charge >= 0.3 is 0 Å². The quantitative estimate of drug-likeness (QED) is 0.436. The highest BCUT2D eigenvalue weighted by molar-refractivity contribution is 4.96. The molecule has 0 heterocycles. The van der Waals surface area contributed by atoms with Crippen LogP contribution in [-0.4, -0.2) is 12.6 Å². The van der Waals surface area contributed by atoms with Gasteiger partial charge in [-0.3, -0.25) is 0 Å². The molecule has 0 aromatic carbocycles. The lowest BCUT2D eigenvalue weighted by molar-refractivity contribution is 0.463. The van der Waals surface area contributed by atoms with Gasteiger partial charge in [0.05, 0.1) is 0 Å². The smallest absolute Gasteiger partial charge is 0.0104 e. The van der Waals surface area contributed by atoms with Crippen molar-refractivity contribution >= 4 is 0 Å². The van der Waals surface area contributed by atoms with Gasteiger partial charge in [0.2, 0.25) is 0 Å². The second kappa shape index (κ2) is 9.26. The summed E-state index contributed by atoms with van der Waals surface area (Å²) < 4.78 is 0. The molecule has 0 fully saturated rings. The second-order valence-electron chi connectivity index (χ2n) is 4.06. The van der Waals surface area contributed by atoms with Crippen LogP contribution in [0.2, 0.25) is 0 Å². The zero-order valence-corrected chi connectivity index (χ0v) is 10.2. The van der Waals surface area contributed by atoms with Crippen molar-refractivity contribution in [2.24, 2.45) is 0 Å². The molecule has 0 aliphatic heterocycles. The number of hydrogen-bond donors (Lipinski definition) is 1. The van der Waals surface area contributed by atoms with Gasteiger partial charge in [-0.2, -0.15) is 0 Å². The normalized spacial score (nSPS) is 12.8. The van der Waals surface area contributed by atoms with Crippen LogP contribution in [0.3, 0.4) is 0 Å². The van der Waals surface area contributed by atoms with E-state index in [0.717, 1.165) is 19.4 Å². The Hall–Kier alpha value is -0.300. The van der Waals surface area contributed by atoms with Crippen molar-refractivity contribution in [1.29, 1.82) is 0 Å². The number of nitrogens with one attached hydrogen (secondary N) is 1. The summed E-state index contributed by atoms with van der Waals surface area (Å²) in [6.45, 7) is 11.8. The van der Waals surface area contributed by atoms with Gasteiger partial charge < -0.3 is 5.32 Å². The fourth-order valence-corrected chi connectivity index (χ4v) is 1.70.